The quantitative estimate of drug-likeness (QED) is 0.467. The van der Waals surface area contributed by atoms with Gasteiger partial charge in [-0.1, -0.05) is 19.9 Å². The van der Waals surface area contributed by atoms with E-state index >= 15 is 0 Å². The molecular formula is C21H32N2O4S. The van der Waals surface area contributed by atoms with E-state index in [0.29, 0.717) is 18.9 Å². The number of nitrogens with zero attached hydrogens (tertiary/aromatic N) is 2. The molecule has 0 spiro atoms. The molecule has 0 saturated heterocycles. The van der Waals surface area contributed by atoms with Crippen LogP contribution in [-0.2, 0) is 22.4 Å². The zero-order valence-electron chi connectivity index (χ0n) is 17.8. The third kappa shape index (κ3) is 6.41. The lowest BCUT2D eigenvalue weighted by atomic mass is 9.90. The number of amides is 1. The third-order valence-corrected chi connectivity index (χ3v) is 5.83. The summed E-state index contributed by atoms with van der Waals surface area (Å²) in [7, 11) is 1.67. The monoisotopic (exact) mass is 408 g/mol. The minimum atomic E-state index is -0.441. The molecule has 0 fully saturated rings. The van der Waals surface area contributed by atoms with Gasteiger partial charge in [0.25, 0.3) is 0 Å². The van der Waals surface area contributed by atoms with Crippen LogP contribution in [0.15, 0.2) is 18.2 Å². The van der Waals surface area contributed by atoms with Gasteiger partial charge in [-0.05, 0) is 62.3 Å². The second-order valence-electron chi connectivity index (χ2n) is 8.18. The molecule has 0 unspecified atom stereocenters. The summed E-state index contributed by atoms with van der Waals surface area (Å²) in [5.74, 6) is 0.330. The molecule has 0 radical (unpaired) electrons. The Morgan fingerprint density at radius 2 is 1.89 bits per heavy atom. The highest BCUT2D eigenvalue weighted by Crippen LogP contribution is 2.37. The first-order chi connectivity index (χ1) is 13.1. The van der Waals surface area contributed by atoms with Crippen LogP contribution in [0.25, 0.3) is 0 Å². The van der Waals surface area contributed by atoms with E-state index in [0.717, 1.165) is 12.8 Å². The summed E-state index contributed by atoms with van der Waals surface area (Å²) in [6.07, 6.45) is 1.88. The minimum Gasteiger partial charge on any atom is -0.466 e. The highest BCUT2D eigenvalue weighted by molar-refractivity contribution is 7.95. The van der Waals surface area contributed by atoms with Crippen molar-refractivity contribution in [2.45, 2.75) is 59.9 Å². The van der Waals surface area contributed by atoms with E-state index in [1.807, 2.05) is 30.3 Å². The molecule has 1 aliphatic rings. The number of ether oxygens (including phenoxy) is 2. The van der Waals surface area contributed by atoms with Gasteiger partial charge in [-0.25, -0.2) is 13.4 Å². The average molecular weight is 409 g/mol. The van der Waals surface area contributed by atoms with Crippen molar-refractivity contribution in [2.75, 3.05) is 20.2 Å². The van der Waals surface area contributed by atoms with Crippen molar-refractivity contribution in [3.8, 4) is 5.75 Å². The fraction of sp³-hybridized carbons (Fsp3) is 0.619. The van der Waals surface area contributed by atoms with E-state index in [9.17, 15) is 9.59 Å². The van der Waals surface area contributed by atoms with Gasteiger partial charge in [0.2, 0.25) is 0 Å². The van der Waals surface area contributed by atoms with Gasteiger partial charge in [-0.15, -0.1) is 0 Å². The van der Waals surface area contributed by atoms with E-state index in [1.54, 1.807) is 14.0 Å². The Morgan fingerprint density at radius 3 is 2.54 bits per heavy atom. The first-order valence-corrected chi connectivity index (χ1v) is 10.5. The van der Waals surface area contributed by atoms with Gasteiger partial charge in [-0.3, -0.25) is 4.79 Å². The van der Waals surface area contributed by atoms with Crippen molar-refractivity contribution in [3.05, 3.63) is 29.3 Å². The molecule has 7 heteroatoms. The third-order valence-electron chi connectivity index (χ3n) is 4.62. The van der Waals surface area contributed by atoms with Crippen molar-refractivity contribution in [3.63, 3.8) is 0 Å². The molecule has 1 aliphatic carbocycles. The second kappa shape index (κ2) is 9.65. The molecule has 0 aromatic heterocycles. The van der Waals surface area contributed by atoms with Crippen LogP contribution < -0.4 is 4.74 Å². The van der Waals surface area contributed by atoms with E-state index < -0.39 is 6.09 Å². The Bertz CT molecular complexity index is 706. The fourth-order valence-corrected chi connectivity index (χ4v) is 4.06. The Kier molecular flexibility index (Phi) is 7.78. The van der Waals surface area contributed by atoms with Gasteiger partial charge in [0, 0.05) is 31.8 Å². The molecule has 0 atom stereocenters. The Balaban J connectivity index is 1.92. The number of carbonyl (C=O) groups excluding carboxylic acids is 2. The second-order valence-corrected chi connectivity index (χ2v) is 9.36. The molecule has 2 rings (SSSR count). The summed E-state index contributed by atoms with van der Waals surface area (Å²) in [5, 5.41) is 0. The van der Waals surface area contributed by atoms with Crippen LogP contribution in [0.5, 0.6) is 5.75 Å². The Morgan fingerprint density at radius 1 is 1.21 bits per heavy atom. The first kappa shape index (κ1) is 22.6. The Hall–Kier alpha value is -1.73. The molecule has 0 saturated carbocycles. The molecule has 156 valence electrons. The molecule has 0 heterocycles. The molecular weight excluding hydrogens is 376 g/mol. The highest BCUT2D eigenvalue weighted by Gasteiger charge is 2.29. The van der Waals surface area contributed by atoms with E-state index in [-0.39, 0.29) is 23.8 Å². The highest BCUT2D eigenvalue weighted by atomic mass is 32.2. The predicted octanol–water partition coefficient (Wildman–Crippen LogP) is 4.47. The lowest BCUT2D eigenvalue weighted by molar-refractivity contribution is -0.143. The number of hydrogen-bond donors (Lipinski definition) is 0. The van der Waals surface area contributed by atoms with Crippen LogP contribution in [0, 0.1) is 5.41 Å². The number of fused-ring (bicyclic) bond motifs is 1. The summed E-state index contributed by atoms with van der Waals surface area (Å²) >= 11 is 1.25. The van der Waals surface area contributed by atoms with E-state index in [1.165, 1.54) is 27.6 Å². The summed E-state index contributed by atoms with van der Waals surface area (Å²) in [6, 6.07) is 6.04. The van der Waals surface area contributed by atoms with Crippen LogP contribution in [0.2, 0.25) is 0 Å². The van der Waals surface area contributed by atoms with Crippen molar-refractivity contribution < 1.29 is 19.1 Å². The Labute approximate surface area is 172 Å². The zero-order chi connectivity index (χ0) is 20.9. The molecule has 0 N–H and O–H groups in total. The largest absolute Gasteiger partial charge is 0.466 e. The fourth-order valence-electron chi connectivity index (χ4n) is 3.28. The van der Waals surface area contributed by atoms with E-state index in [4.69, 9.17) is 9.47 Å². The van der Waals surface area contributed by atoms with Gasteiger partial charge in [0.05, 0.1) is 13.0 Å². The van der Waals surface area contributed by atoms with Gasteiger partial charge >= 0.3 is 12.1 Å². The lowest BCUT2D eigenvalue weighted by Crippen LogP contribution is -2.34. The van der Waals surface area contributed by atoms with E-state index in [2.05, 4.69) is 19.9 Å². The van der Waals surface area contributed by atoms with Crippen LogP contribution in [0.4, 0.5) is 4.79 Å². The number of rotatable bonds is 8. The minimum absolute atomic E-state index is 0.150. The van der Waals surface area contributed by atoms with Crippen molar-refractivity contribution in [2.24, 2.45) is 5.41 Å². The summed E-state index contributed by atoms with van der Waals surface area (Å²) in [5.41, 5.74) is 2.84. The molecule has 6 nitrogen and oxygen atoms in total. The van der Waals surface area contributed by atoms with Gasteiger partial charge in [0.1, 0.15) is 5.75 Å². The number of benzene rings is 1. The molecule has 28 heavy (non-hydrogen) atoms. The normalized spacial score (nSPS) is 14.9. The zero-order valence-corrected chi connectivity index (χ0v) is 18.6. The van der Waals surface area contributed by atoms with Crippen molar-refractivity contribution in [1.82, 2.24) is 8.61 Å². The number of esters is 1. The summed E-state index contributed by atoms with van der Waals surface area (Å²) in [6.45, 7) is 11.2. The summed E-state index contributed by atoms with van der Waals surface area (Å²) < 4.78 is 13.9. The molecule has 1 amide bonds. The van der Waals surface area contributed by atoms with Gasteiger partial charge in [-0.2, -0.15) is 0 Å². The van der Waals surface area contributed by atoms with Crippen LogP contribution in [0.3, 0.4) is 0 Å². The van der Waals surface area contributed by atoms with Crippen molar-refractivity contribution >= 4 is 24.2 Å². The number of carbonyl (C=O) groups is 2. The molecule has 0 bridgehead atoms. The first-order valence-electron chi connectivity index (χ1n) is 9.79. The average Bonchev–Trinajstić information content (AvgIpc) is 2.91. The molecule has 0 aliphatic heterocycles. The van der Waals surface area contributed by atoms with Crippen LogP contribution >= 0.6 is 12.1 Å². The van der Waals surface area contributed by atoms with Crippen LogP contribution in [0.1, 0.15) is 52.2 Å². The topological polar surface area (TPSA) is 59.1 Å². The lowest BCUT2D eigenvalue weighted by Gasteiger charge is -2.28. The maximum absolute atomic E-state index is 12.5. The number of hydrogen-bond acceptors (Lipinski definition) is 6. The standard InChI is InChI=1S/C21H32N2O4S/c1-7-26-19(24)10-11-23(15(2)3)28-22(6)20(25)27-18-9-8-16-13-21(4,5)14-17(16)12-18/h8-9,12,15H,7,10-11,13-14H2,1-6H3. The smallest absolute Gasteiger partial charge is 0.426 e. The van der Waals surface area contributed by atoms with Gasteiger partial charge in [0.15, 0.2) is 0 Å². The SMILES string of the molecule is CCOC(=O)CCN(SN(C)C(=O)Oc1ccc2c(c1)CC(C)(C)C2)C(C)C. The molecule has 1 aromatic carbocycles. The summed E-state index contributed by atoms with van der Waals surface area (Å²) in [4.78, 5) is 24.1. The maximum Gasteiger partial charge on any atom is 0.426 e. The van der Waals surface area contributed by atoms with Gasteiger partial charge < -0.3 is 9.47 Å². The molecule has 1 aromatic rings. The van der Waals surface area contributed by atoms with Crippen molar-refractivity contribution in [1.29, 1.82) is 0 Å². The maximum atomic E-state index is 12.5. The van der Waals surface area contributed by atoms with Crippen LogP contribution in [-0.4, -0.2) is 46.9 Å². The predicted molar refractivity (Wildman–Crippen MR) is 112 cm³/mol.